The molecule has 0 aromatic heterocycles. The molecule has 4 heteroatoms. The van der Waals surface area contributed by atoms with Crippen LogP contribution in [0, 0.1) is 0 Å². The second kappa shape index (κ2) is 5.26. The Labute approximate surface area is 89.5 Å². The molecular weight excluding hydrogens is 194 g/mol. The summed E-state index contributed by atoms with van der Waals surface area (Å²) >= 11 is 0. The first-order valence-corrected chi connectivity index (χ1v) is 7.10. The third-order valence-electron chi connectivity index (χ3n) is 2.42. The summed E-state index contributed by atoms with van der Waals surface area (Å²) in [6, 6.07) is 0. The molecule has 0 spiro atoms. The van der Waals surface area contributed by atoms with Crippen molar-refractivity contribution in [1.29, 1.82) is 0 Å². The van der Waals surface area contributed by atoms with E-state index in [0.717, 1.165) is 6.42 Å². The van der Waals surface area contributed by atoms with E-state index in [0.29, 0.717) is 5.54 Å². The van der Waals surface area contributed by atoms with Gasteiger partial charge in [0.05, 0.1) is 0 Å². The summed E-state index contributed by atoms with van der Waals surface area (Å²) in [5.41, 5.74) is 0.471. The minimum atomic E-state index is -2.23. The summed E-state index contributed by atoms with van der Waals surface area (Å²) in [5, 5.41) is 0. The molecule has 0 aliphatic carbocycles. The number of nitrogens with one attached hydrogen (secondary N) is 1. The number of hydrogen-bond acceptors (Lipinski definition) is 3. The van der Waals surface area contributed by atoms with Crippen LogP contribution in [-0.2, 0) is 8.85 Å². The van der Waals surface area contributed by atoms with E-state index in [4.69, 9.17) is 8.85 Å². The van der Waals surface area contributed by atoms with Crippen molar-refractivity contribution in [3.63, 3.8) is 0 Å². The van der Waals surface area contributed by atoms with E-state index >= 15 is 0 Å². The molecule has 0 aliphatic rings. The highest BCUT2D eigenvalue weighted by Crippen LogP contribution is 2.25. The Hall–Kier alpha value is 0.0969. The van der Waals surface area contributed by atoms with Gasteiger partial charge in [-0.1, -0.05) is 20.3 Å². The molecule has 0 saturated heterocycles. The molecule has 0 amide bonds. The largest absolute Gasteiger partial charge is 0.427 e. The maximum Gasteiger partial charge on any atom is 0.427 e. The van der Waals surface area contributed by atoms with Crippen molar-refractivity contribution in [1.82, 2.24) is 4.98 Å². The molecule has 0 saturated carbocycles. The van der Waals surface area contributed by atoms with Gasteiger partial charge in [-0.25, -0.2) is 0 Å². The van der Waals surface area contributed by atoms with Crippen molar-refractivity contribution in [2.75, 3.05) is 14.2 Å². The Morgan fingerprint density at radius 3 is 1.86 bits per heavy atom. The molecule has 1 N–H and O–H groups in total. The Kier molecular flexibility index (Phi) is 5.29. The van der Waals surface area contributed by atoms with Gasteiger partial charge in [0.1, 0.15) is 0 Å². The van der Waals surface area contributed by atoms with Crippen LogP contribution in [0.5, 0.6) is 0 Å². The molecule has 1 unspecified atom stereocenters. The average molecular weight is 219 g/mol. The van der Waals surface area contributed by atoms with E-state index in [1.165, 1.54) is 0 Å². The Balaban J connectivity index is 4.70. The zero-order chi connectivity index (χ0) is 11.4. The summed E-state index contributed by atoms with van der Waals surface area (Å²) in [6.07, 6.45) is 1.07. The van der Waals surface area contributed by atoms with E-state index in [2.05, 4.69) is 39.6 Å². The van der Waals surface area contributed by atoms with Crippen LogP contribution in [0.4, 0.5) is 0 Å². The third kappa shape index (κ3) is 3.69. The summed E-state index contributed by atoms with van der Waals surface area (Å²) in [6.45, 7) is 10.7. The molecule has 0 rings (SSSR count). The number of hydrogen-bond donors (Lipinski definition) is 1. The van der Waals surface area contributed by atoms with Crippen LogP contribution < -0.4 is 4.98 Å². The quantitative estimate of drug-likeness (QED) is 0.720. The highest BCUT2D eigenvalue weighted by Gasteiger charge is 2.44. The molecule has 0 bridgehead atoms. The topological polar surface area (TPSA) is 30.5 Å². The van der Waals surface area contributed by atoms with Gasteiger partial charge in [-0.3, -0.25) is 4.98 Å². The van der Waals surface area contributed by atoms with Crippen LogP contribution in [0.25, 0.3) is 0 Å². The Morgan fingerprint density at radius 2 is 1.64 bits per heavy atom. The van der Waals surface area contributed by atoms with Crippen molar-refractivity contribution in [2.45, 2.75) is 52.1 Å². The lowest BCUT2D eigenvalue weighted by atomic mass is 10.1. The van der Waals surface area contributed by atoms with Crippen LogP contribution in [0.3, 0.4) is 0 Å². The monoisotopic (exact) mass is 219 g/mol. The van der Waals surface area contributed by atoms with Crippen LogP contribution in [0.1, 0.15) is 41.0 Å². The normalized spacial score (nSPS) is 15.6. The zero-order valence-electron chi connectivity index (χ0n) is 10.6. The van der Waals surface area contributed by atoms with Crippen molar-refractivity contribution in [3.05, 3.63) is 0 Å². The molecule has 1 atom stereocenters. The predicted octanol–water partition coefficient (Wildman–Crippen LogP) is 2.41. The zero-order valence-corrected chi connectivity index (χ0v) is 11.6. The smallest absolute Gasteiger partial charge is 0.386 e. The van der Waals surface area contributed by atoms with Gasteiger partial charge >= 0.3 is 8.72 Å². The van der Waals surface area contributed by atoms with Gasteiger partial charge in [0.2, 0.25) is 0 Å². The van der Waals surface area contributed by atoms with E-state index in [-0.39, 0.29) is 5.54 Å². The van der Waals surface area contributed by atoms with Gasteiger partial charge < -0.3 is 8.85 Å². The summed E-state index contributed by atoms with van der Waals surface area (Å²) in [4.78, 5) is 3.51. The van der Waals surface area contributed by atoms with E-state index in [1.54, 1.807) is 14.2 Å². The van der Waals surface area contributed by atoms with E-state index in [9.17, 15) is 0 Å². The predicted molar refractivity (Wildman–Crippen MR) is 62.4 cm³/mol. The maximum absolute atomic E-state index is 5.62. The lowest BCUT2D eigenvalue weighted by Gasteiger charge is -2.38. The van der Waals surface area contributed by atoms with Gasteiger partial charge in [-0.05, 0) is 20.8 Å². The minimum absolute atomic E-state index is 0.0294. The summed E-state index contributed by atoms with van der Waals surface area (Å²) in [5.74, 6) is 0. The van der Waals surface area contributed by atoms with Crippen LogP contribution in [0.2, 0.25) is 5.54 Å². The van der Waals surface area contributed by atoms with Crippen molar-refractivity contribution in [2.24, 2.45) is 0 Å². The molecule has 0 heterocycles. The first kappa shape index (κ1) is 14.1. The van der Waals surface area contributed by atoms with Crippen molar-refractivity contribution >= 4 is 8.72 Å². The first-order chi connectivity index (χ1) is 6.31. The van der Waals surface area contributed by atoms with Gasteiger partial charge in [0, 0.05) is 25.3 Å². The molecule has 0 fully saturated rings. The third-order valence-corrected chi connectivity index (χ3v) is 6.43. The molecule has 0 aliphatic heterocycles. The fourth-order valence-corrected chi connectivity index (χ4v) is 4.51. The average Bonchev–Trinajstić information content (AvgIpc) is 2.11. The van der Waals surface area contributed by atoms with E-state index < -0.39 is 8.72 Å². The fraction of sp³-hybridized carbons (Fsp3) is 1.00. The Morgan fingerprint density at radius 1 is 1.21 bits per heavy atom. The van der Waals surface area contributed by atoms with Gasteiger partial charge in [0.15, 0.2) is 0 Å². The standard InChI is InChI=1S/C10H25NO2Si/c1-8-9(2)14(12-6,13-7)11-10(3,4)5/h9,11H,8H2,1-7H3. The second-order valence-corrected chi connectivity index (χ2v) is 8.15. The van der Waals surface area contributed by atoms with Crippen LogP contribution in [0.15, 0.2) is 0 Å². The molecular formula is C10H25NO2Si. The summed E-state index contributed by atoms with van der Waals surface area (Å²) < 4.78 is 11.2. The molecule has 3 nitrogen and oxygen atoms in total. The number of rotatable bonds is 5. The Bertz CT molecular complexity index is 164. The SMILES string of the molecule is CCC(C)[Si](NC(C)(C)C)(OC)OC. The van der Waals surface area contributed by atoms with Gasteiger partial charge in [-0.15, -0.1) is 0 Å². The minimum Gasteiger partial charge on any atom is -0.386 e. The maximum atomic E-state index is 5.62. The highest BCUT2D eigenvalue weighted by molar-refractivity contribution is 6.66. The fourth-order valence-electron chi connectivity index (χ4n) is 1.50. The highest BCUT2D eigenvalue weighted by atomic mass is 28.4. The first-order valence-electron chi connectivity index (χ1n) is 5.21. The molecule has 14 heavy (non-hydrogen) atoms. The van der Waals surface area contributed by atoms with Crippen molar-refractivity contribution in [3.8, 4) is 0 Å². The molecule has 86 valence electrons. The van der Waals surface area contributed by atoms with E-state index in [1.807, 2.05) is 0 Å². The van der Waals surface area contributed by atoms with Gasteiger partial charge in [-0.2, -0.15) is 0 Å². The summed E-state index contributed by atoms with van der Waals surface area (Å²) in [7, 11) is 1.24. The second-order valence-electron chi connectivity index (χ2n) is 4.76. The van der Waals surface area contributed by atoms with Crippen LogP contribution >= 0.6 is 0 Å². The lowest BCUT2D eigenvalue weighted by molar-refractivity contribution is 0.200. The lowest BCUT2D eigenvalue weighted by Crippen LogP contribution is -2.63. The van der Waals surface area contributed by atoms with Crippen molar-refractivity contribution < 1.29 is 8.85 Å². The molecule has 0 aromatic carbocycles. The molecule has 0 aromatic rings. The van der Waals surface area contributed by atoms with Crippen LogP contribution in [-0.4, -0.2) is 28.5 Å². The molecule has 0 radical (unpaired) electrons. The van der Waals surface area contributed by atoms with Gasteiger partial charge in [0.25, 0.3) is 0 Å².